The number of aliphatic hydroxyl groups excluding tert-OH is 1. The van der Waals surface area contributed by atoms with E-state index >= 15 is 0 Å². The summed E-state index contributed by atoms with van der Waals surface area (Å²) < 4.78 is 51.3. The number of fused-ring (bicyclic) bond motifs is 1. The normalized spacial score (nSPS) is 18.4. The Morgan fingerprint density at radius 2 is 1.67 bits per heavy atom. The molecule has 17 heteroatoms. The third-order valence-corrected chi connectivity index (χ3v) is 7.46. The fraction of sp³-hybridized carbons (Fsp3) is 0.346. The van der Waals surface area contributed by atoms with Crippen LogP contribution in [0.3, 0.4) is 0 Å². The molecule has 2 aliphatic rings. The number of rotatable bonds is 6. The molecule has 3 N–H and O–H groups in total. The predicted molar refractivity (Wildman–Crippen MR) is 149 cm³/mol. The Bertz CT molecular complexity index is 1680. The summed E-state index contributed by atoms with van der Waals surface area (Å²) in [6.07, 6.45) is 0.0587. The van der Waals surface area contributed by atoms with Crippen LogP contribution in [-0.4, -0.2) is 61.7 Å². The fourth-order valence-electron chi connectivity index (χ4n) is 4.37. The molecule has 43 heavy (non-hydrogen) atoms. The van der Waals surface area contributed by atoms with Gasteiger partial charge in [0.2, 0.25) is 17.6 Å². The molecule has 0 aliphatic carbocycles. The standard InChI is InChI=1S/C21H13Cl3F3N5O3.C5H9NO2/c22-12-5-16(34-8-10-1-2-17(33)28-10)13(23)4-11(12)18-30-20(35-31-18)15-7-32-6-9(21(25,26)27)3-14(24)19(32)29-15;7-3-4-1-2-5(8)6-4/h3-7,10H,1-2,8H2,(H,28,33);4,7H,1-3H2,(H,6,8)/t10-;4-/m11/s1. The van der Waals surface area contributed by atoms with Crippen LogP contribution in [-0.2, 0) is 15.8 Å². The van der Waals surface area contributed by atoms with Crippen LogP contribution in [0.5, 0.6) is 5.75 Å². The van der Waals surface area contributed by atoms with Gasteiger partial charge in [-0.25, -0.2) is 4.98 Å². The van der Waals surface area contributed by atoms with Crippen LogP contribution >= 0.6 is 34.8 Å². The number of hydrogen-bond acceptors (Lipinski definition) is 8. The van der Waals surface area contributed by atoms with E-state index in [1.807, 2.05) is 0 Å². The minimum absolute atomic E-state index is 0.0281. The molecule has 3 aromatic heterocycles. The zero-order chi connectivity index (χ0) is 30.9. The van der Waals surface area contributed by atoms with E-state index in [-0.39, 0.29) is 75.2 Å². The quantitative estimate of drug-likeness (QED) is 0.264. The molecule has 2 amide bonds. The molecular weight excluding hydrogens is 640 g/mol. The van der Waals surface area contributed by atoms with Crippen LogP contribution in [0.25, 0.3) is 28.6 Å². The molecular formula is C26H22Cl3F3N6O5. The largest absolute Gasteiger partial charge is 0.490 e. The van der Waals surface area contributed by atoms with Crippen molar-refractivity contribution in [3.63, 3.8) is 0 Å². The van der Waals surface area contributed by atoms with Gasteiger partial charge in [-0.15, -0.1) is 0 Å². The highest BCUT2D eigenvalue weighted by molar-refractivity contribution is 6.36. The fourth-order valence-corrected chi connectivity index (χ4v) is 5.08. The maximum absolute atomic E-state index is 13.1. The molecule has 2 aliphatic heterocycles. The molecule has 4 aromatic rings. The van der Waals surface area contributed by atoms with Crippen LogP contribution in [0.1, 0.15) is 31.2 Å². The van der Waals surface area contributed by atoms with Crippen LogP contribution in [0, 0.1) is 0 Å². The van der Waals surface area contributed by atoms with E-state index < -0.39 is 11.7 Å². The van der Waals surface area contributed by atoms with E-state index in [2.05, 4.69) is 25.8 Å². The first-order valence-corrected chi connectivity index (χ1v) is 14.0. The van der Waals surface area contributed by atoms with Crippen molar-refractivity contribution >= 4 is 52.3 Å². The van der Waals surface area contributed by atoms with Crippen molar-refractivity contribution in [2.75, 3.05) is 13.2 Å². The highest BCUT2D eigenvalue weighted by Gasteiger charge is 2.32. The number of halogens is 6. The number of benzene rings is 1. The van der Waals surface area contributed by atoms with Gasteiger partial charge in [-0.05, 0) is 25.0 Å². The summed E-state index contributed by atoms with van der Waals surface area (Å²) in [6.45, 7) is 0.311. The van der Waals surface area contributed by atoms with Crippen molar-refractivity contribution in [3.05, 3.63) is 51.2 Å². The lowest BCUT2D eigenvalue weighted by Crippen LogP contribution is -2.30. The van der Waals surface area contributed by atoms with E-state index in [0.717, 1.165) is 23.1 Å². The van der Waals surface area contributed by atoms with Crippen LogP contribution in [0.2, 0.25) is 15.1 Å². The van der Waals surface area contributed by atoms with Gasteiger partial charge in [-0.3, -0.25) is 9.59 Å². The average Bonchev–Trinajstić information content (AvgIpc) is 3.75. The molecule has 2 atom stereocenters. The molecule has 5 heterocycles. The number of pyridine rings is 1. The highest BCUT2D eigenvalue weighted by Crippen LogP contribution is 2.37. The molecule has 228 valence electrons. The average molecular weight is 662 g/mol. The van der Waals surface area contributed by atoms with Crippen LogP contribution in [0.15, 0.2) is 35.1 Å². The van der Waals surface area contributed by atoms with Gasteiger partial charge < -0.3 is 29.4 Å². The van der Waals surface area contributed by atoms with E-state index in [1.54, 1.807) is 0 Å². The number of ether oxygens (including phenoxy) is 1. The van der Waals surface area contributed by atoms with Gasteiger partial charge in [0.25, 0.3) is 5.89 Å². The molecule has 2 saturated heterocycles. The first kappa shape index (κ1) is 30.9. The van der Waals surface area contributed by atoms with Crippen molar-refractivity contribution in [1.82, 2.24) is 30.2 Å². The number of aromatic nitrogens is 4. The Balaban J connectivity index is 0.000000400. The highest BCUT2D eigenvalue weighted by atomic mass is 35.5. The summed E-state index contributed by atoms with van der Waals surface area (Å²) in [7, 11) is 0. The van der Waals surface area contributed by atoms with Gasteiger partial charge in [0.05, 0.1) is 39.3 Å². The smallest absolute Gasteiger partial charge is 0.417 e. The Kier molecular flexibility index (Phi) is 9.02. The minimum atomic E-state index is -4.57. The van der Waals surface area contributed by atoms with Crippen molar-refractivity contribution in [3.8, 4) is 28.7 Å². The third-order valence-electron chi connectivity index (χ3n) is 6.57. The lowest BCUT2D eigenvalue weighted by atomic mass is 10.2. The Labute approximate surface area is 256 Å². The van der Waals surface area contributed by atoms with E-state index in [4.69, 9.17) is 49.2 Å². The molecule has 6 rings (SSSR count). The number of carbonyl (C=O) groups is 2. The SMILES string of the molecule is O=C1CC[C@H](CO)N1.O=C1CC[C@H](COc2cc(Cl)c(-c3noc(-c4cn5cc(C(F)(F)F)cc(Cl)c5n4)n3)cc2Cl)N1. The summed E-state index contributed by atoms with van der Waals surface area (Å²) in [4.78, 5) is 30.1. The van der Waals surface area contributed by atoms with Crippen molar-refractivity contribution < 1.29 is 37.1 Å². The molecule has 0 radical (unpaired) electrons. The van der Waals surface area contributed by atoms with Crippen molar-refractivity contribution in [2.45, 2.75) is 43.9 Å². The number of nitrogens with zero attached hydrogens (tertiary/aromatic N) is 4. The Morgan fingerprint density at radius 1 is 0.977 bits per heavy atom. The van der Waals surface area contributed by atoms with Gasteiger partial charge in [0.1, 0.15) is 18.1 Å². The first-order chi connectivity index (χ1) is 20.4. The van der Waals surface area contributed by atoms with Crippen LogP contribution < -0.4 is 15.4 Å². The molecule has 0 spiro atoms. The summed E-state index contributed by atoms with van der Waals surface area (Å²) in [5.74, 6) is 0.378. The van der Waals surface area contributed by atoms with Crippen molar-refractivity contribution in [1.29, 1.82) is 0 Å². The zero-order valence-corrected chi connectivity index (χ0v) is 24.2. The number of nitrogens with one attached hydrogen (secondary N) is 2. The topological polar surface area (TPSA) is 144 Å². The molecule has 1 aromatic carbocycles. The maximum Gasteiger partial charge on any atom is 0.417 e. The molecule has 2 fully saturated rings. The van der Waals surface area contributed by atoms with Gasteiger partial charge in [-0.2, -0.15) is 18.2 Å². The van der Waals surface area contributed by atoms with Crippen LogP contribution in [0.4, 0.5) is 13.2 Å². The maximum atomic E-state index is 13.1. The number of carbonyl (C=O) groups excluding carboxylic acids is 2. The third kappa shape index (κ3) is 7.15. The van der Waals surface area contributed by atoms with Gasteiger partial charge >= 0.3 is 6.18 Å². The van der Waals surface area contributed by atoms with Gasteiger partial charge in [-0.1, -0.05) is 40.0 Å². The molecule has 0 unspecified atom stereocenters. The number of alkyl halides is 3. The van der Waals surface area contributed by atoms with Gasteiger partial charge in [0.15, 0.2) is 5.65 Å². The molecule has 0 bridgehead atoms. The second kappa shape index (κ2) is 12.6. The molecule has 11 nitrogen and oxygen atoms in total. The van der Waals surface area contributed by atoms with E-state index in [9.17, 15) is 22.8 Å². The second-order valence-corrected chi connectivity index (χ2v) is 10.9. The lowest BCUT2D eigenvalue weighted by molar-refractivity contribution is -0.137. The summed E-state index contributed by atoms with van der Waals surface area (Å²) in [5.41, 5.74) is -0.375. The van der Waals surface area contributed by atoms with Gasteiger partial charge in [0, 0.05) is 36.9 Å². The Morgan fingerprint density at radius 3 is 2.28 bits per heavy atom. The summed E-state index contributed by atoms with van der Waals surface area (Å²) >= 11 is 18.7. The van der Waals surface area contributed by atoms with E-state index in [0.29, 0.717) is 30.6 Å². The number of aliphatic hydroxyl groups is 1. The number of imidazole rings is 1. The monoisotopic (exact) mass is 660 g/mol. The number of amides is 2. The molecule has 0 saturated carbocycles. The summed E-state index contributed by atoms with van der Waals surface area (Å²) in [5, 5.41) is 18.0. The predicted octanol–water partition coefficient (Wildman–Crippen LogP) is 4.95. The summed E-state index contributed by atoms with van der Waals surface area (Å²) in [6, 6.07) is 3.70. The van der Waals surface area contributed by atoms with Crippen molar-refractivity contribution in [2.24, 2.45) is 0 Å². The second-order valence-electron chi connectivity index (χ2n) is 9.72. The minimum Gasteiger partial charge on any atom is -0.490 e. The van der Waals surface area contributed by atoms with E-state index in [1.165, 1.54) is 18.3 Å². The lowest BCUT2D eigenvalue weighted by Gasteiger charge is -2.14. The first-order valence-electron chi connectivity index (χ1n) is 12.8. The number of hydrogen-bond donors (Lipinski definition) is 3. The zero-order valence-electron chi connectivity index (χ0n) is 21.9. The Hall–Kier alpha value is -3.59.